The summed E-state index contributed by atoms with van der Waals surface area (Å²) in [4.78, 5) is 20.3. The maximum absolute atomic E-state index is 13.4. The highest BCUT2D eigenvalue weighted by Gasteiger charge is 2.39. The van der Waals surface area contributed by atoms with E-state index in [1.807, 2.05) is 0 Å². The second-order valence-electron chi connectivity index (χ2n) is 10.8. The van der Waals surface area contributed by atoms with Crippen LogP contribution in [0.25, 0.3) is 5.82 Å². The van der Waals surface area contributed by atoms with E-state index in [0.29, 0.717) is 42.4 Å². The lowest BCUT2D eigenvalue weighted by Crippen LogP contribution is -2.41. The van der Waals surface area contributed by atoms with Crippen molar-refractivity contribution < 1.29 is 17.9 Å². The Hall–Kier alpha value is -3.40. The molecule has 0 saturated carbocycles. The average molecular weight is 526 g/mol. The van der Waals surface area contributed by atoms with Gasteiger partial charge in [0.1, 0.15) is 5.82 Å². The number of nitrogens with zero attached hydrogens (tertiary/aromatic N) is 4. The van der Waals surface area contributed by atoms with Crippen LogP contribution >= 0.6 is 0 Å². The fourth-order valence-electron chi connectivity index (χ4n) is 4.70. The summed E-state index contributed by atoms with van der Waals surface area (Å²) in [6.45, 7) is 13.5. The third-order valence-electron chi connectivity index (χ3n) is 6.34. The zero-order valence-corrected chi connectivity index (χ0v) is 23.0. The Kier molecular flexibility index (Phi) is 7.32. The van der Waals surface area contributed by atoms with Crippen molar-refractivity contribution in [1.29, 1.82) is 0 Å². The number of hydrogen-bond acceptors (Lipinski definition) is 7. The van der Waals surface area contributed by atoms with E-state index in [-0.39, 0.29) is 16.0 Å². The van der Waals surface area contributed by atoms with Gasteiger partial charge >= 0.3 is 0 Å². The van der Waals surface area contributed by atoms with Crippen LogP contribution in [0.5, 0.6) is 5.75 Å². The van der Waals surface area contributed by atoms with Gasteiger partial charge in [0.05, 0.1) is 29.5 Å². The van der Waals surface area contributed by atoms with Gasteiger partial charge in [-0.05, 0) is 68.9 Å². The van der Waals surface area contributed by atoms with Crippen molar-refractivity contribution in [3.8, 4) is 11.6 Å². The number of ether oxygens (including phenoxy) is 1. The Morgan fingerprint density at radius 1 is 1.24 bits per heavy atom. The van der Waals surface area contributed by atoms with Gasteiger partial charge < -0.3 is 9.64 Å². The molecular formula is C27H35N5O4S. The number of amides is 1. The van der Waals surface area contributed by atoms with E-state index in [1.165, 1.54) is 12.1 Å². The number of hydrogen-bond donors (Lipinski definition) is 1. The van der Waals surface area contributed by atoms with Gasteiger partial charge in [-0.1, -0.05) is 32.9 Å². The number of carbonyl (C=O) groups excluding carboxylic acids is 1. The molecule has 1 aromatic carbocycles. The van der Waals surface area contributed by atoms with Crippen molar-refractivity contribution in [2.75, 3.05) is 18.1 Å². The lowest BCUT2D eigenvalue weighted by atomic mass is 9.97. The monoisotopic (exact) mass is 525 g/mol. The first-order valence-corrected chi connectivity index (χ1v) is 13.9. The molecule has 37 heavy (non-hydrogen) atoms. The number of rotatable bonds is 8. The number of pyridine rings is 1. The minimum atomic E-state index is -4.06. The van der Waals surface area contributed by atoms with Crippen molar-refractivity contribution >= 4 is 21.7 Å². The average Bonchev–Trinajstić information content (AvgIpc) is 3.40. The van der Waals surface area contributed by atoms with Crippen LogP contribution in [-0.4, -0.2) is 47.8 Å². The van der Waals surface area contributed by atoms with Crippen molar-refractivity contribution in [2.45, 2.75) is 58.4 Å². The fraction of sp³-hybridized carbons (Fsp3) is 0.444. The van der Waals surface area contributed by atoms with Gasteiger partial charge in [0.2, 0.25) is 0 Å². The second kappa shape index (κ2) is 10.2. The smallest absolute Gasteiger partial charge is 0.268 e. The molecule has 0 spiro atoms. The van der Waals surface area contributed by atoms with Gasteiger partial charge in [0, 0.05) is 12.1 Å². The van der Waals surface area contributed by atoms with Crippen molar-refractivity contribution in [1.82, 2.24) is 19.5 Å². The summed E-state index contributed by atoms with van der Waals surface area (Å²) in [6.07, 6.45) is 4.28. The van der Waals surface area contributed by atoms with Crippen LogP contribution in [-0.2, 0) is 10.0 Å². The topological polar surface area (TPSA) is 106 Å². The van der Waals surface area contributed by atoms with Crippen LogP contribution < -0.4 is 14.4 Å². The van der Waals surface area contributed by atoms with Gasteiger partial charge in [-0.3, -0.25) is 4.79 Å². The minimum absolute atomic E-state index is 0.0348. The number of sulfonamides is 1. The standard InChI is InChI=1S/C27H35N5O4S/c1-18(2)17-36-21-14-28-32(16-21)24-11-10-23(25(29-24)31-15-20(4)13-27(31,5)6)26(33)30-37(34,35)22-9-7-8-19(3)12-22/h7-12,14,16,18,20H,13,15,17H2,1-6H3,(H,30,33)/t20-/m0/s1. The molecule has 3 heterocycles. The zero-order valence-electron chi connectivity index (χ0n) is 22.2. The predicted octanol–water partition coefficient (Wildman–Crippen LogP) is 4.35. The van der Waals surface area contributed by atoms with Crippen LogP contribution in [0.1, 0.15) is 57.0 Å². The first-order chi connectivity index (χ1) is 17.4. The van der Waals surface area contributed by atoms with E-state index in [1.54, 1.807) is 48.3 Å². The molecule has 0 unspecified atom stereocenters. The molecule has 10 heteroatoms. The highest BCUT2D eigenvalue weighted by Crippen LogP contribution is 2.37. The third kappa shape index (κ3) is 5.95. The van der Waals surface area contributed by atoms with Gasteiger partial charge in [-0.25, -0.2) is 22.8 Å². The number of aryl methyl sites for hydroxylation is 1. The van der Waals surface area contributed by atoms with E-state index in [4.69, 9.17) is 9.72 Å². The molecule has 1 aliphatic rings. The molecule has 0 aliphatic carbocycles. The van der Waals surface area contributed by atoms with E-state index < -0.39 is 15.9 Å². The summed E-state index contributed by atoms with van der Waals surface area (Å²) in [5.41, 5.74) is 0.696. The normalized spacial score (nSPS) is 17.3. The predicted molar refractivity (Wildman–Crippen MR) is 143 cm³/mol. The molecule has 1 saturated heterocycles. The van der Waals surface area contributed by atoms with Crippen LogP contribution in [0.2, 0.25) is 0 Å². The summed E-state index contributed by atoms with van der Waals surface area (Å²) in [5, 5.41) is 4.38. The Morgan fingerprint density at radius 2 is 2.00 bits per heavy atom. The molecule has 1 aliphatic heterocycles. The van der Waals surface area contributed by atoms with Crippen molar-refractivity contribution in [3.63, 3.8) is 0 Å². The van der Waals surface area contributed by atoms with E-state index >= 15 is 0 Å². The molecule has 9 nitrogen and oxygen atoms in total. The van der Waals surface area contributed by atoms with E-state index in [9.17, 15) is 13.2 Å². The number of benzene rings is 1. The largest absolute Gasteiger partial charge is 0.490 e. The molecule has 4 rings (SSSR count). The Morgan fingerprint density at radius 3 is 2.65 bits per heavy atom. The highest BCUT2D eigenvalue weighted by molar-refractivity contribution is 7.90. The molecule has 198 valence electrons. The van der Waals surface area contributed by atoms with Crippen LogP contribution in [0.15, 0.2) is 53.7 Å². The Bertz CT molecular complexity index is 1400. The summed E-state index contributed by atoms with van der Waals surface area (Å²) in [6, 6.07) is 9.70. The van der Waals surface area contributed by atoms with Gasteiger partial charge in [-0.15, -0.1) is 0 Å². The minimum Gasteiger partial charge on any atom is -0.490 e. The first kappa shape index (κ1) is 26.7. The molecule has 1 amide bonds. The molecule has 3 aromatic rings. The summed E-state index contributed by atoms with van der Waals surface area (Å²) in [5.74, 6) is 1.58. The SMILES string of the molecule is Cc1cccc(S(=O)(=O)NC(=O)c2ccc(-n3cc(OCC(C)C)cn3)nc2N2C[C@@H](C)CC2(C)C)c1. The molecule has 0 radical (unpaired) electrons. The number of carbonyl (C=O) groups is 1. The van der Waals surface area contributed by atoms with Crippen LogP contribution in [0, 0.1) is 18.8 Å². The third-order valence-corrected chi connectivity index (χ3v) is 7.67. The summed E-state index contributed by atoms with van der Waals surface area (Å²) < 4.78 is 35.6. The van der Waals surface area contributed by atoms with E-state index in [0.717, 1.165) is 12.0 Å². The number of anilines is 1. The molecular weight excluding hydrogens is 490 g/mol. The highest BCUT2D eigenvalue weighted by atomic mass is 32.2. The fourth-order valence-corrected chi connectivity index (χ4v) is 5.77. The summed E-state index contributed by atoms with van der Waals surface area (Å²) in [7, 11) is -4.06. The first-order valence-electron chi connectivity index (χ1n) is 12.5. The zero-order chi connectivity index (χ0) is 27.0. The number of nitrogens with one attached hydrogen (secondary N) is 1. The van der Waals surface area contributed by atoms with Gasteiger partial charge in [0.15, 0.2) is 11.6 Å². The molecule has 1 atom stereocenters. The maximum atomic E-state index is 13.4. The lowest BCUT2D eigenvalue weighted by molar-refractivity contribution is 0.0981. The van der Waals surface area contributed by atoms with Crippen molar-refractivity contribution in [3.05, 3.63) is 59.9 Å². The lowest BCUT2D eigenvalue weighted by Gasteiger charge is -2.34. The Labute approximate surface area is 218 Å². The summed E-state index contributed by atoms with van der Waals surface area (Å²) >= 11 is 0. The van der Waals surface area contributed by atoms with Crippen LogP contribution in [0.4, 0.5) is 5.82 Å². The van der Waals surface area contributed by atoms with Crippen molar-refractivity contribution in [2.24, 2.45) is 11.8 Å². The van der Waals surface area contributed by atoms with Gasteiger partial charge in [-0.2, -0.15) is 5.10 Å². The molecule has 0 bridgehead atoms. The molecule has 1 N–H and O–H groups in total. The second-order valence-corrected chi connectivity index (χ2v) is 12.5. The Balaban J connectivity index is 1.71. The maximum Gasteiger partial charge on any atom is 0.268 e. The molecule has 2 aromatic heterocycles. The van der Waals surface area contributed by atoms with Gasteiger partial charge in [0.25, 0.3) is 15.9 Å². The van der Waals surface area contributed by atoms with Crippen LogP contribution in [0.3, 0.4) is 0 Å². The quantitative estimate of drug-likeness (QED) is 0.466. The number of aromatic nitrogens is 3. The van der Waals surface area contributed by atoms with E-state index in [2.05, 4.69) is 49.3 Å². The molecule has 1 fully saturated rings.